The van der Waals surface area contributed by atoms with E-state index in [1.807, 2.05) is 27.2 Å². The molecule has 0 fully saturated rings. The Balaban J connectivity index is 2.31. The second-order valence-electron chi connectivity index (χ2n) is 4.18. The van der Waals surface area contributed by atoms with Crippen LogP contribution in [0.2, 0.25) is 0 Å². The molecule has 0 aliphatic heterocycles. The Morgan fingerprint density at radius 1 is 1.42 bits per heavy atom. The summed E-state index contributed by atoms with van der Waals surface area (Å²) in [6.45, 7) is 3.80. The summed E-state index contributed by atoms with van der Waals surface area (Å²) in [6, 6.07) is 3.53. The van der Waals surface area contributed by atoms with E-state index in [4.69, 9.17) is 0 Å². The Morgan fingerprint density at radius 2 is 2.16 bits per heavy atom. The molecule has 2 aromatic heterocycles. The largest absolute Gasteiger partial charge is 0.319 e. The summed E-state index contributed by atoms with van der Waals surface area (Å²) in [6.07, 6.45) is 3.59. The molecule has 1 N–H and O–H groups in total. The first-order chi connectivity index (χ1) is 9.04. The highest BCUT2D eigenvalue weighted by Gasteiger charge is 2.16. The number of nitrogens with zero attached hydrogens (tertiary/aromatic N) is 3. The molecule has 0 radical (unpaired) electrons. The zero-order valence-electron chi connectivity index (χ0n) is 11.4. The summed E-state index contributed by atoms with van der Waals surface area (Å²) >= 11 is 1.46. The highest BCUT2D eigenvalue weighted by molar-refractivity contribution is 7.98. The summed E-state index contributed by atoms with van der Waals surface area (Å²) in [5.41, 5.74) is 3.09. The zero-order valence-corrected chi connectivity index (χ0v) is 12.2. The molecular weight excluding hydrogens is 260 g/mol. The van der Waals surface area contributed by atoms with Crippen LogP contribution in [0, 0.1) is 13.8 Å². The maximum atomic E-state index is 12.3. The lowest BCUT2D eigenvalue weighted by Crippen LogP contribution is -2.14. The predicted octanol–water partition coefficient (Wildman–Crippen LogP) is 2.41. The molecule has 0 bridgehead atoms. The van der Waals surface area contributed by atoms with Crippen LogP contribution in [0.4, 0.5) is 5.69 Å². The maximum Gasteiger partial charge on any atom is 0.258 e. The SMILES string of the molecule is CSc1ncccc1C(=O)Nc1c(C)nn(C)c1C. The Bertz CT molecular complexity index is 621. The van der Waals surface area contributed by atoms with Crippen LogP contribution >= 0.6 is 11.8 Å². The van der Waals surface area contributed by atoms with Crippen molar-refractivity contribution in [1.82, 2.24) is 14.8 Å². The van der Waals surface area contributed by atoms with Gasteiger partial charge in [0.2, 0.25) is 0 Å². The second-order valence-corrected chi connectivity index (χ2v) is 4.98. The molecule has 0 saturated carbocycles. The van der Waals surface area contributed by atoms with E-state index in [0.29, 0.717) is 5.56 Å². The van der Waals surface area contributed by atoms with Crippen molar-refractivity contribution in [3.63, 3.8) is 0 Å². The molecule has 0 saturated heterocycles. The van der Waals surface area contributed by atoms with Gasteiger partial charge in [0.25, 0.3) is 5.91 Å². The van der Waals surface area contributed by atoms with Crippen LogP contribution in [0.15, 0.2) is 23.4 Å². The van der Waals surface area contributed by atoms with Gasteiger partial charge in [0, 0.05) is 13.2 Å². The number of thioether (sulfide) groups is 1. The fourth-order valence-electron chi connectivity index (χ4n) is 1.86. The van der Waals surface area contributed by atoms with Crippen LogP contribution in [0.5, 0.6) is 0 Å². The van der Waals surface area contributed by atoms with Gasteiger partial charge in [0.1, 0.15) is 5.03 Å². The third kappa shape index (κ3) is 2.63. The lowest BCUT2D eigenvalue weighted by Gasteiger charge is -2.08. The smallest absolute Gasteiger partial charge is 0.258 e. The van der Waals surface area contributed by atoms with Crippen molar-refractivity contribution in [3.8, 4) is 0 Å². The molecule has 2 heterocycles. The van der Waals surface area contributed by atoms with Gasteiger partial charge in [-0.15, -0.1) is 11.8 Å². The van der Waals surface area contributed by atoms with Crippen LogP contribution in [0.25, 0.3) is 0 Å². The first kappa shape index (κ1) is 13.6. The van der Waals surface area contributed by atoms with Crippen molar-refractivity contribution in [2.24, 2.45) is 7.05 Å². The Labute approximate surface area is 116 Å². The number of anilines is 1. The molecular formula is C13H16N4OS. The number of aryl methyl sites for hydroxylation is 2. The molecule has 19 heavy (non-hydrogen) atoms. The normalized spacial score (nSPS) is 10.5. The number of pyridine rings is 1. The fourth-order valence-corrected chi connectivity index (χ4v) is 2.41. The molecule has 100 valence electrons. The summed E-state index contributed by atoms with van der Waals surface area (Å²) in [7, 11) is 1.86. The van der Waals surface area contributed by atoms with Crippen LogP contribution < -0.4 is 5.32 Å². The Morgan fingerprint density at radius 3 is 2.74 bits per heavy atom. The van der Waals surface area contributed by atoms with E-state index in [-0.39, 0.29) is 5.91 Å². The molecule has 0 aliphatic carbocycles. The van der Waals surface area contributed by atoms with Gasteiger partial charge in [-0.05, 0) is 32.2 Å². The number of aromatic nitrogens is 3. The lowest BCUT2D eigenvalue weighted by atomic mass is 10.2. The second kappa shape index (κ2) is 5.44. The van der Waals surface area contributed by atoms with E-state index in [1.165, 1.54) is 11.8 Å². The van der Waals surface area contributed by atoms with Gasteiger partial charge in [0.05, 0.1) is 22.6 Å². The molecule has 0 atom stereocenters. The summed E-state index contributed by atoms with van der Waals surface area (Å²) in [5, 5.41) is 7.92. The molecule has 0 spiro atoms. The van der Waals surface area contributed by atoms with E-state index in [9.17, 15) is 4.79 Å². The van der Waals surface area contributed by atoms with Crippen molar-refractivity contribution in [2.75, 3.05) is 11.6 Å². The molecule has 0 aliphatic rings. The van der Waals surface area contributed by atoms with Crippen LogP contribution in [0.3, 0.4) is 0 Å². The van der Waals surface area contributed by atoms with E-state index in [0.717, 1.165) is 22.1 Å². The average molecular weight is 276 g/mol. The summed E-state index contributed by atoms with van der Waals surface area (Å²) in [5.74, 6) is -0.156. The van der Waals surface area contributed by atoms with E-state index < -0.39 is 0 Å². The fraction of sp³-hybridized carbons (Fsp3) is 0.308. The van der Waals surface area contributed by atoms with E-state index >= 15 is 0 Å². The van der Waals surface area contributed by atoms with Crippen LogP contribution in [0.1, 0.15) is 21.7 Å². The molecule has 2 aromatic rings. The van der Waals surface area contributed by atoms with Gasteiger partial charge in [0.15, 0.2) is 0 Å². The molecule has 6 heteroatoms. The lowest BCUT2D eigenvalue weighted by molar-refractivity contribution is 0.102. The number of nitrogens with one attached hydrogen (secondary N) is 1. The number of carbonyl (C=O) groups excluding carboxylic acids is 1. The standard InChI is InChI=1S/C13H16N4OS/c1-8-11(9(2)17(3)16-8)15-12(18)10-6-5-7-14-13(10)19-4/h5-7H,1-4H3,(H,15,18). The quantitative estimate of drug-likeness (QED) is 0.875. The van der Waals surface area contributed by atoms with Crippen LogP contribution in [-0.2, 0) is 7.05 Å². The van der Waals surface area contributed by atoms with Gasteiger partial charge in [-0.1, -0.05) is 0 Å². The Kier molecular flexibility index (Phi) is 3.90. The molecule has 2 rings (SSSR count). The molecule has 1 amide bonds. The summed E-state index contributed by atoms with van der Waals surface area (Å²) < 4.78 is 1.75. The highest BCUT2D eigenvalue weighted by Crippen LogP contribution is 2.22. The van der Waals surface area contributed by atoms with Crippen molar-refractivity contribution in [2.45, 2.75) is 18.9 Å². The molecule has 0 aromatic carbocycles. The number of amides is 1. The zero-order chi connectivity index (χ0) is 14.0. The number of carbonyl (C=O) groups is 1. The maximum absolute atomic E-state index is 12.3. The van der Waals surface area contributed by atoms with Gasteiger partial charge < -0.3 is 5.32 Å². The van der Waals surface area contributed by atoms with Gasteiger partial charge in [-0.25, -0.2) is 4.98 Å². The first-order valence-electron chi connectivity index (χ1n) is 5.85. The number of hydrogen-bond acceptors (Lipinski definition) is 4. The number of rotatable bonds is 3. The van der Waals surface area contributed by atoms with Crippen molar-refractivity contribution >= 4 is 23.4 Å². The van der Waals surface area contributed by atoms with Crippen molar-refractivity contribution < 1.29 is 4.79 Å². The molecule has 0 unspecified atom stereocenters. The van der Waals surface area contributed by atoms with Crippen molar-refractivity contribution in [1.29, 1.82) is 0 Å². The monoisotopic (exact) mass is 276 g/mol. The molecule has 5 nitrogen and oxygen atoms in total. The minimum atomic E-state index is -0.156. The number of hydrogen-bond donors (Lipinski definition) is 1. The summed E-state index contributed by atoms with van der Waals surface area (Å²) in [4.78, 5) is 16.5. The average Bonchev–Trinajstić information content (AvgIpc) is 2.65. The minimum absolute atomic E-state index is 0.156. The third-order valence-electron chi connectivity index (χ3n) is 2.96. The van der Waals surface area contributed by atoms with Gasteiger partial charge >= 0.3 is 0 Å². The van der Waals surface area contributed by atoms with Crippen LogP contribution in [-0.4, -0.2) is 26.9 Å². The topological polar surface area (TPSA) is 59.8 Å². The van der Waals surface area contributed by atoms with E-state index in [2.05, 4.69) is 15.4 Å². The third-order valence-corrected chi connectivity index (χ3v) is 3.67. The Hall–Kier alpha value is -1.82. The highest BCUT2D eigenvalue weighted by atomic mass is 32.2. The predicted molar refractivity (Wildman–Crippen MR) is 76.7 cm³/mol. The first-order valence-corrected chi connectivity index (χ1v) is 7.07. The van der Waals surface area contributed by atoms with E-state index in [1.54, 1.807) is 23.0 Å². The van der Waals surface area contributed by atoms with Gasteiger partial charge in [-0.3, -0.25) is 9.48 Å². The van der Waals surface area contributed by atoms with Gasteiger partial charge in [-0.2, -0.15) is 5.10 Å². The minimum Gasteiger partial charge on any atom is -0.319 e. The van der Waals surface area contributed by atoms with Crippen molar-refractivity contribution in [3.05, 3.63) is 35.3 Å².